The van der Waals surface area contributed by atoms with Gasteiger partial charge in [-0.2, -0.15) is 13.2 Å². The quantitative estimate of drug-likeness (QED) is 0.892. The van der Waals surface area contributed by atoms with Crippen molar-refractivity contribution in [3.63, 3.8) is 0 Å². The number of nitrogens with one attached hydrogen (secondary N) is 1. The summed E-state index contributed by atoms with van der Waals surface area (Å²) in [4.78, 5) is 13.7. The topological polar surface area (TPSA) is 52.6 Å². The smallest absolute Gasteiger partial charge is 0.383 e. The van der Waals surface area contributed by atoms with E-state index in [2.05, 4.69) is 5.32 Å². The number of aliphatic hydroxyl groups excluding tert-OH is 1. The van der Waals surface area contributed by atoms with Crippen molar-refractivity contribution in [1.82, 2.24) is 4.90 Å². The number of benzene rings is 1. The number of aryl methyl sites for hydroxylation is 1. The third-order valence-electron chi connectivity index (χ3n) is 4.20. The number of amides is 2. The zero-order chi connectivity index (χ0) is 17.0. The number of urea groups is 1. The Hall–Kier alpha value is -1.76. The van der Waals surface area contributed by atoms with Gasteiger partial charge in [-0.05, 0) is 42.9 Å². The molecule has 0 spiro atoms. The summed E-state index contributed by atoms with van der Waals surface area (Å²) >= 11 is 0. The van der Waals surface area contributed by atoms with E-state index in [4.69, 9.17) is 0 Å². The fourth-order valence-electron chi connectivity index (χ4n) is 2.76. The number of aliphatic hydroxyl groups is 1. The van der Waals surface area contributed by atoms with E-state index in [-0.39, 0.29) is 32.0 Å². The number of halogens is 3. The zero-order valence-electron chi connectivity index (χ0n) is 12.9. The molecule has 2 rings (SSSR count). The lowest BCUT2D eigenvalue weighted by Gasteiger charge is -2.34. The maximum Gasteiger partial charge on any atom is 0.414 e. The van der Waals surface area contributed by atoms with Crippen LogP contribution < -0.4 is 5.32 Å². The summed E-state index contributed by atoms with van der Waals surface area (Å²) in [6.07, 6.45) is -5.78. The molecule has 1 aromatic rings. The van der Waals surface area contributed by atoms with Gasteiger partial charge in [-0.1, -0.05) is 19.1 Å². The van der Waals surface area contributed by atoms with Crippen molar-refractivity contribution >= 4 is 11.7 Å². The van der Waals surface area contributed by atoms with Crippen LogP contribution in [0.5, 0.6) is 0 Å². The van der Waals surface area contributed by atoms with Crippen LogP contribution in [0, 0.1) is 5.92 Å². The van der Waals surface area contributed by atoms with Gasteiger partial charge >= 0.3 is 12.2 Å². The monoisotopic (exact) mass is 330 g/mol. The van der Waals surface area contributed by atoms with Gasteiger partial charge in [0.15, 0.2) is 6.10 Å². The van der Waals surface area contributed by atoms with Crippen LogP contribution in [0.2, 0.25) is 0 Å². The Labute approximate surface area is 133 Å². The normalized spacial score (nSPS) is 17.9. The minimum absolute atomic E-state index is 0.142. The Morgan fingerprint density at radius 2 is 2.04 bits per heavy atom. The van der Waals surface area contributed by atoms with Gasteiger partial charge in [0.1, 0.15) is 0 Å². The van der Waals surface area contributed by atoms with Gasteiger partial charge in [0, 0.05) is 18.8 Å². The Balaban J connectivity index is 1.88. The van der Waals surface area contributed by atoms with Gasteiger partial charge < -0.3 is 15.3 Å². The molecule has 1 unspecified atom stereocenters. The molecule has 0 aromatic heterocycles. The number of carbonyl (C=O) groups is 1. The van der Waals surface area contributed by atoms with Crippen molar-refractivity contribution in [1.29, 1.82) is 0 Å². The van der Waals surface area contributed by atoms with E-state index in [0.29, 0.717) is 5.69 Å². The maximum absolute atomic E-state index is 12.5. The van der Waals surface area contributed by atoms with E-state index in [1.807, 2.05) is 25.1 Å². The van der Waals surface area contributed by atoms with Crippen LogP contribution >= 0.6 is 0 Å². The van der Waals surface area contributed by atoms with Crippen molar-refractivity contribution in [2.45, 2.75) is 38.5 Å². The molecule has 1 heterocycles. The average molecular weight is 330 g/mol. The highest BCUT2D eigenvalue weighted by molar-refractivity contribution is 5.89. The fourth-order valence-corrected chi connectivity index (χ4v) is 2.76. The summed E-state index contributed by atoms with van der Waals surface area (Å²) in [6, 6.07) is 7.13. The van der Waals surface area contributed by atoms with Crippen molar-refractivity contribution < 1.29 is 23.1 Å². The van der Waals surface area contributed by atoms with Crippen LogP contribution in [0.1, 0.15) is 25.3 Å². The third-order valence-corrected chi connectivity index (χ3v) is 4.20. The Morgan fingerprint density at radius 1 is 1.39 bits per heavy atom. The number of rotatable bonds is 3. The molecule has 1 saturated heterocycles. The zero-order valence-corrected chi connectivity index (χ0v) is 12.9. The molecule has 0 aliphatic carbocycles. The second-order valence-electron chi connectivity index (χ2n) is 5.80. The molecule has 4 nitrogen and oxygen atoms in total. The predicted molar refractivity (Wildman–Crippen MR) is 81.2 cm³/mol. The molecule has 2 amide bonds. The molecule has 1 aliphatic rings. The van der Waals surface area contributed by atoms with Gasteiger partial charge in [-0.25, -0.2) is 4.79 Å². The summed E-state index contributed by atoms with van der Waals surface area (Å²) in [6.45, 7) is 2.42. The first-order chi connectivity index (χ1) is 10.8. The minimum atomic E-state index is -4.60. The van der Waals surface area contributed by atoms with E-state index in [0.717, 1.165) is 12.0 Å². The number of anilines is 1. The lowest BCUT2D eigenvalue weighted by molar-refractivity contribution is -0.222. The van der Waals surface area contributed by atoms with Crippen molar-refractivity contribution in [2.75, 3.05) is 18.4 Å². The molecule has 128 valence electrons. The third kappa shape index (κ3) is 4.60. The SMILES string of the molecule is CCc1cccc(NC(=O)N2CCC(C(O)C(F)(F)F)CC2)c1. The standard InChI is InChI=1S/C16H21F3N2O2/c1-2-11-4-3-5-13(10-11)20-15(23)21-8-6-12(7-9-21)14(22)16(17,18)19/h3-5,10,12,14,22H,2,6-9H2,1H3,(H,20,23). The van der Waals surface area contributed by atoms with E-state index in [1.54, 1.807) is 6.07 Å². The van der Waals surface area contributed by atoms with Crippen LogP contribution in [0.25, 0.3) is 0 Å². The first kappa shape index (κ1) is 17.6. The fraction of sp³-hybridized carbons (Fsp3) is 0.562. The largest absolute Gasteiger partial charge is 0.414 e. The number of likely N-dealkylation sites (tertiary alicyclic amines) is 1. The van der Waals surface area contributed by atoms with Crippen molar-refractivity contribution in [3.8, 4) is 0 Å². The van der Waals surface area contributed by atoms with E-state index < -0.39 is 18.2 Å². The van der Waals surface area contributed by atoms with E-state index >= 15 is 0 Å². The summed E-state index contributed by atoms with van der Waals surface area (Å²) in [5.41, 5.74) is 1.77. The maximum atomic E-state index is 12.5. The number of piperidine rings is 1. The lowest BCUT2D eigenvalue weighted by atomic mass is 9.91. The second-order valence-corrected chi connectivity index (χ2v) is 5.80. The molecule has 1 fully saturated rings. The first-order valence-corrected chi connectivity index (χ1v) is 7.71. The first-order valence-electron chi connectivity index (χ1n) is 7.71. The lowest BCUT2D eigenvalue weighted by Crippen LogP contribution is -2.46. The summed E-state index contributed by atoms with van der Waals surface area (Å²) in [7, 11) is 0. The number of hydrogen-bond donors (Lipinski definition) is 2. The van der Waals surface area contributed by atoms with Gasteiger partial charge in [-0.15, -0.1) is 0 Å². The van der Waals surface area contributed by atoms with Gasteiger partial charge in [0.05, 0.1) is 0 Å². The van der Waals surface area contributed by atoms with Gasteiger partial charge in [0.25, 0.3) is 0 Å². The highest BCUT2D eigenvalue weighted by atomic mass is 19.4. The summed E-state index contributed by atoms with van der Waals surface area (Å²) in [5.74, 6) is -0.845. The second kappa shape index (κ2) is 7.21. The van der Waals surface area contributed by atoms with Crippen LogP contribution in [-0.4, -0.2) is 41.4 Å². The number of alkyl halides is 3. The molecule has 23 heavy (non-hydrogen) atoms. The Morgan fingerprint density at radius 3 is 2.61 bits per heavy atom. The van der Waals surface area contributed by atoms with E-state index in [9.17, 15) is 23.1 Å². The summed E-state index contributed by atoms with van der Waals surface area (Å²) in [5, 5.41) is 12.0. The van der Waals surface area contributed by atoms with E-state index in [1.165, 1.54) is 4.90 Å². The molecule has 7 heteroatoms. The van der Waals surface area contributed by atoms with Crippen LogP contribution in [0.15, 0.2) is 24.3 Å². The molecule has 1 aliphatic heterocycles. The van der Waals surface area contributed by atoms with Crippen LogP contribution in [0.4, 0.5) is 23.7 Å². The molecule has 1 aromatic carbocycles. The molecular weight excluding hydrogens is 309 g/mol. The minimum Gasteiger partial charge on any atom is -0.383 e. The number of carbonyl (C=O) groups excluding carboxylic acids is 1. The highest BCUT2D eigenvalue weighted by Crippen LogP contribution is 2.31. The highest BCUT2D eigenvalue weighted by Gasteiger charge is 2.44. The molecule has 2 N–H and O–H groups in total. The number of hydrogen-bond acceptors (Lipinski definition) is 2. The molecule has 0 saturated carbocycles. The predicted octanol–water partition coefficient (Wildman–Crippen LogP) is 3.42. The molecule has 1 atom stereocenters. The Bertz CT molecular complexity index is 540. The molecule has 0 radical (unpaired) electrons. The summed E-state index contributed by atoms with van der Waals surface area (Å²) < 4.78 is 37.5. The van der Waals surface area contributed by atoms with Crippen molar-refractivity contribution in [3.05, 3.63) is 29.8 Å². The van der Waals surface area contributed by atoms with Gasteiger partial charge in [-0.3, -0.25) is 0 Å². The Kier molecular flexibility index (Phi) is 5.51. The van der Waals surface area contributed by atoms with Crippen LogP contribution in [0.3, 0.4) is 0 Å². The van der Waals surface area contributed by atoms with Crippen molar-refractivity contribution in [2.24, 2.45) is 5.92 Å². The van der Waals surface area contributed by atoms with Crippen LogP contribution in [-0.2, 0) is 6.42 Å². The molecular formula is C16H21F3N2O2. The average Bonchev–Trinajstić information content (AvgIpc) is 2.53. The number of nitrogens with zero attached hydrogens (tertiary/aromatic N) is 1. The molecule has 0 bridgehead atoms. The van der Waals surface area contributed by atoms with Gasteiger partial charge in [0.2, 0.25) is 0 Å².